The first-order valence-corrected chi connectivity index (χ1v) is 8.68. The first-order valence-electron chi connectivity index (χ1n) is 7.93. The molecular weight excluding hydrogens is 357 g/mol. The van der Waals surface area contributed by atoms with Gasteiger partial charge in [-0.3, -0.25) is 9.48 Å². The summed E-state index contributed by atoms with van der Waals surface area (Å²) in [6.07, 6.45) is 2.75. The Morgan fingerprint density at radius 3 is 2.44 bits per heavy atom. The molecule has 1 aromatic heterocycles. The summed E-state index contributed by atoms with van der Waals surface area (Å²) in [4.78, 5) is 12.3. The van der Waals surface area contributed by atoms with E-state index in [1.165, 1.54) is 5.56 Å². The third kappa shape index (κ3) is 4.41. The highest BCUT2D eigenvalue weighted by Crippen LogP contribution is 2.23. The van der Waals surface area contributed by atoms with Crippen molar-refractivity contribution in [3.8, 4) is 0 Å². The minimum Gasteiger partial charge on any atom is -0.305 e. The molecular formula is C19H17Cl2N3O. The summed E-state index contributed by atoms with van der Waals surface area (Å²) in [6.45, 7) is 2.62. The van der Waals surface area contributed by atoms with Gasteiger partial charge < -0.3 is 5.32 Å². The van der Waals surface area contributed by atoms with Gasteiger partial charge >= 0.3 is 0 Å². The zero-order valence-corrected chi connectivity index (χ0v) is 15.2. The van der Waals surface area contributed by atoms with E-state index in [2.05, 4.69) is 17.3 Å². The van der Waals surface area contributed by atoms with Crippen LogP contribution >= 0.6 is 23.2 Å². The molecule has 0 aliphatic carbocycles. The summed E-state index contributed by atoms with van der Waals surface area (Å²) in [6, 6.07) is 14.8. The van der Waals surface area contributed by atoms with E-state index in [1.807, 2.05) is 30.3 Å². The van der Waals surface area contributed by atoms with Gasteiger partial charge in [-0.1, -0.05) is 48.3 Å². The summed E-state index contributed by atoms with van der Waals surface area (Å²) < 4.78 is 1.73. The van der Waals surface area contributed by atoms with Gasteiger partial charge in [-0.05, 0) is 41.8 Å². The lowest BCUT2D eigenvalue weighted by Gasteiger charge is -2.05. The summed E-state index contributed by atoms with van der Waals surface area (Å²) in [5, 5.41) is 8.20. The maximum atomic E-state index is 12.3. The molecule has 0 radical (unpaired) electrons. The van der Waals surface area contributed by atoms with Crippen molar-refractivity contribution in [3.05, 3.63) is 81.5 Å². The summed E-state index contributed by atoms with van der Waals surface area (Å²) in [5.74, 6) is 0.326. The van der Waals surface area contributed by atoms with Crippen LogP contribution in [0.3, 0.4) is 0 Å². The highest BCUT2D eigenvalue weighted by atomic mass is 35.5. The van der Waals surface area contributed by atoms with Gasteiger partial charge in [-0.15, -0.1) is 0 Å². The Bertz CT molecular complexity index is 888. The van der Waals surface area contributed by atoms with E-state index in [1.54, 1.807) is 29.1 Å². The molecule has 1 amide bonds. The van der Waals surface area contributed by atoms with E-state index in [9.17, 15) is 4.79 Å². The molecule has 0 fully saturated rings. The maximum absolute atomic E-state index is 12.3. The van der Waals surface area contributed by atoms with Crippen molar-refractivity contribution in [1.82, 2.24) is 9.78 Å². The number of amides is 1. The van der Waals surface area contributed by atoms with E-state index >= 15 is 0 Å². The van der Waals surface area contributed by atoms with Crippen LogP contribution in [-0.4, -0.2) is 15.7 Å². The molecule has 6 heteroatoms. The number of carbonyl (C=O) groups excluding carboxylic acids is 1. The molecule has 0 aliphatic rings. The van der Waals surface area contributed by atoms with Crippen molar-refractivity contribution in [1.29, 1.82) is 0 Å². The third-order valence-electron chi connectivity index (χ3n) is 3.84. The highest BCUT2D eigenvalue weighted by molar-refractivity contribution is 6.42. The second-order valence-corrected chi connectivity index (χ2v) is 6.47. The largest absolute Gasteiger partial charge is 0.305 e. The number of hydrogen-bond donors (Lipinski definition) is 1. The average Bonchev–Trinajstić information content (AvgIpc) is 3.05. The van der Waals surface area contributed by atoms with Crippen molar-refractivity contribution in [2.24, 2.45) is 0 Å². The number of carbonyl (C=O) groups is 1. The first kappa shape index (κ1) is 17.5. The smallest absolute Gasteiger partial charge is 0.256 e. The molecule has 0 bridgehead atoms. The molecule has 0 spiro atoms. The fraction of sp³-hybridized carbons (Fsp3) is 0.158. The van der Waals surface area contributed by atoms with E-state index in [4.69, 9.17) is 23.2 Å². The molecule has 0 unspecified atom stereocenters. The van der Waals surface area contributed by atoms with E-state index in [-0.39, 0.29) is 5.91 Å². The third-order valence-corrected chi connectivity index (χ3v) is 4.57. The normalized spacial score (nSPS) is 10.7. The van der Waals surface area contributed by atoms with Gasteiger partial charge in [0.2, 0.25) is 0 Å². The van der Waals surface area contributed by atoms with Gasteiger partial charge in [-0.25, -0.2) is 0 Å². The van der Waals surface area contributed by atoms with Gasteiger partial charge in [-0.2, -0.15) is 5.10 Å². The lowest BCUT2D eigenvalue weighted by atomic mass is 10.1. The zero-order valence-electron chi connectivity index (χ0n) is 13.7. The molecule has 0 atom stereocenters. The quantitative estimate of drug-likeness (QED) is 0.679. The van der Waals surface area contributed by atoms with E-state index in [0.717, 1.165) is 12.0 Å². The van der Waals surface area contributed by atoms with Gasteiger partial charge in [0, 0.05) is 17.8 Å². The number of nitrogens with one attached hydrogen (secondary N) is 1. The Morgan fingerprint density at radius 2 is 1.76 bits per heavy atom. The first-order chi connectivity index (χ1) is 12.0. The van der Waals surface area contributed by atoms with Gasteiger partial charge in [0.15, 0.2) is 5.82 Å². The molecule has 2 aromatic carbocycles. The van der Waals surface area contributed by atoms with Gasteiger partial charge in [0.1, 0.15) is 0 Å². The van der Waals surface area contributed by atoms with Gasteiger partial charge in [0.25, 0.3) is 5.91 Å². The predicted octanol–water partition coefficient (Wildman–Crippen LogP) is 5.05. The van der Waals surface area contributed by atoms with Crippen molar-refractivity contribution < 1.29 is 4.79 Å². The Labute approximate surface area is 156 Å². The Kier molecular flexibility index (Phi) is 5.41. The molecule has 4 nitrogen and oxygen atoms in total. The maximum Gasteiger partial charge on any atom is 0.256 e. The SMILES string of the molecule is CCc1ccc(C(=O)Nc2ccn(Cc3ccc(Cl)c(Cl)c3)n2)cc1. The van der Waals surface area contributed by atoms with Crippen LogP contribution in [0.15, 0.2) is 54.7 Å². The van der Waals surface area contributed by atoms with Crippen LogP contribution in [-0.2, 0) is 13.0 Å². The Balaban J connectivity index is 1.66. The average molecular weight is 374 g/mol. The summed E-state index contributed by atoms with van der Waals surface area (Å²) in [7, 11) is 0. The highest BCUT2D eigenvalue weighted by Gasteiger charge is 2.08. The molecule has 1 N–H and O–H groups in total. The minimum absolute atomic E-state index is 0.178. The lowest BCUT2D eigenvalue weighted by Crippen LogP contribution is -2.13. The standard InChI is InChI=1S/C19H17Cl2N3O/c1-2-13-3-6-15(7-4-13)19(25)22-18-9-10-24(23-18)12-14-5-8-16(20)17(21)11-14/h3-11H,2,12H2,1H3,(H,22,23,25). The molecule has 25 heavy (non-hydrogen) atoms. The van der Waals surface area contributed by atoms with Crippen molar-refractivity contribution in [3.63, 3.8) is 0 Å². The molecule has 3 aromatic rings. The number of rotatable bonds is 5. The molecule has 3 rings (SSSR count). The topological polar surface area (TPSA) is 46.9 Å². The molecule has 1 heterocycles. The number of halogens is 2. The number of benzene rings is 2. The van der Waals surface area contributed by atoms with E-state index < -0.39 is 0 Å². The van der Waals surface area contributed by atoms with E-state index in [0.29, 0.717) is 28.0 Å². The van der Waals surface area contributed by atoms with Gasteiger partial charge in [0.05, 0.1) is 16.6 Å². The van der Waals surface area contributed by atoms with Crippen LogP contribution in [0.4, 0.5) is 5.82 Å². The van der Waals surface area contributed by atoms with Crippen LogP contribution in [0.2, 0.25) is 10.0 Å². The number of anilines is 1. The number of nitrogens with zero attached hydrogens (tertiary/aromatic N) is 2. The molecule has 128 valence electrons. The van der Waals surface area contributed by atoms with Crippen LogP contribution in [0, 0.1) is 0 Å². The number of aryl methyl sites for hydroxylation is 1. The summed E-state index contributed by atoms with van der Waals surface area (Å²) >= 11 is 11.9. The Hall–Kier alpha value is -2.30. The molecule has 0 aliphatic heterocycles. The number of aromatic nitrogens is 2. The Morgan fingerprint density at radius 1 is 1.04 bits per heavy atom. The fourth-order valence-electron chi connectivity index (χ4n) is 2.42. The zero-order chi connectivity index (χ0) is 17.8. The second kappa shape index (κ2) is 7.72. The summed E-state index contributed by atoms with van der Waals surface area (Å²) in [5.41, 5.74) is 2.78. The number of hydrogen-bond acceptors (Lipinski definition) is 2. The van der Waals surface area contributed by atoms with Crippen LogP contribution in [0.1, 0.15) is 28.4 Å². The molecule has 0 saturated heterocycles. The predicted molar refractivity (Wildman–Crippen MR) is 102 cm³/mol. The monoisotopic (exact) mass is 373 g/mol. The fourth-order valence-corrected chi connectivity index (χ4v) is 2.74. The minimum atomic E-state index is -0.178. The molecule has 0 saturated carbocycles. The van der Waals surface area contributed by atoms with Crippen molar-refractivity contribution in [2.45, 2.75) is 19.9 Å². The van der Waals surface area contributed by atoms with Crippen molar-refractivity contribution in [2.75, 3.05) is 5.32 Å². The van der Waals surface area contributed by atoms with Crippen LogP contribution in [0.25, 0.3) is 0 Å². The van der Waals surface area contributed by atoms with Crippen LogP contribution in [0.5, 0.6) is 0 Å². The van der Waals surface area contributed by atoms with Crippen molar-refractivity contribution >= 4 is 34.9 Å². The lowest BCUT2D eigenvalue weighted by molar-refractivity contribution is 0.102. The van der Waals surface area contributed by atoms with Crippen LogP contribution < -0.4 is 5.32 Å². The second-order valence-electron chi connectivity index (χ2n) is 5.65.